The fourth-order valence-electron chi connectivity index (χ4n) is 4.24. The Hall–Kier alpha value is -2.84. The quantitative estimate of drug-likeness (QED) is 0.633. The first kappa shape index (κ1) is 19.1. The van der Waals surface area contributed by atoms with Crippen LogP contribution in [-0.2, 0) is 9.59 Å². The van der Waals surface area contributed by atoms with Gasteiger partial charge in [-0.2, -0.15) is 0 Å². The van der Waals surface area contributed by atoms with E-state index in [1.807, 2.05) is 49.4 Å². The van der Waals surface area contributed by atoms with Gasteiger partial charge in [-0.15, -0.1) is 0 Å². The van der Waals surface area contributed by atoms with Crippen molar-refractivity contribution < 1.29 is 14.3 Å². The third-order valence-corrected chi connectivity index (χ3v) is 8.06. The van der Waals surface area contributed by atoms with E-state index in [1.54, 1.807) is 13.2 Å². The van der Waals surface area contributed by atoms with Gasteiger partial charge in [0.25, 0.3) is 0 Å². The molecule has 0 unspecified atom stereocenters. The molecule has 1 aromatic heterocycles. The van der Waals surface area contributed by atoms with Crippen molar-refractivity contribution in [2.24, 2.45) is 5.92 Å². The molecule has 3 atom stereocenters. The van der Waals surface area contributed by atoms with Gasteiger partial charge >= 0.3 is 4.87 Å². The van der Waals surface area contributed by atoms with Gasteiger partial charge in [0.15, 0.2) is 0 Å². The molecule has 2 aliphatic heterocycles. The summed E-state index contributed by atoms with van der Waals surface area (Å²) in [5.41, 5.74) is 2.37. The van der Waals surface area contributed by atoms with Gasteiger partial charge < -0.3 is 9.72 Å². The fraction of sp³-hybridized carbons (Fsp3) is 0.227. The number of H-pyrrole nitrogens is 1. The number of imide groups is 1. The maximum atomic E-state index is 13.6. The summed E-state index contributed by atoms with van der Waals surface area (Å²) in [6.07, 6.45) is 0. The number of anilines is 1. The van der Waals surface area contributed by atoms with E-state index in [4.69, 9.17) is 4.74 Å². The van der Waals surface area contributed by atoms with Gasteiger partial charge in [-0.05, 0) is 36.2 Å². The zero-order valence-corrected chi connectivity index (χ0v) is 17.9. The van der Waals surface area contributed by atoms with E-state index >= 15 is 0 Å². The first-order chi connectivity index (χ1) is 14.5. The Morgan fingerprint density at radius 3 is 2.43 bits per heavy atom. The van der Waals surface area contributed by atoms with Gasteiger partial charge in [0.2, 0.25) is 11.8 Å². The molecule has 0 aliphatic carbocycles. The Morgan fingerprint density at radius 2 is 1.73 bits per heavy atom. The molecule has 0 radical (unpaired) electrons. The zero-order chi connectivity index (χ0) is 21.0. The molecule has 0 bridgehead atoms. The molecule has 152 valence electrons. The predicted molar refractivity (Wildman–Crippen MR) is 117 cm³/mol. The number of carbonyl (C=O) groups is 2. The number of rotatable bonds is 3. The number of thiazole rings is 1. The lowest BCUT2D eigenvalue weighted by Gasteiger charge is -2.29. The van der Waals surface area contributed by atoms with Crippen LogP contribution < -0.4 is 14.5 Å². The van der Waals surface area contributed by atoms with Crippen LogP contribution >= 0.6 is 23.1 Å². The van der Waals surface area contributed by atoms with Crippen molar-refractivity contribution in [1.82, 2.24) is 4.98 Å². The first-order valence-electron chi connectivity index (χ1n) is 9.46. The lowest BCUT2D eigenvalue weighted by atomic mass is 9.83. The minimum absolute atomic E-state index is 0.179. The summed E-state index contributed by atoms with van der Waals surface area (Å²) in [5, 5.41) is 0.0989. The largest absolute Gasteiger partial charge is 0.497 e. The van der Waals surface area contributed by atoms with Crippen molar-refractivity contribution >= 4 is 40.6 Å². The molecule has 2 aliphatic rings. The minimum Gasteiger partial charge on any atom is -0.497 e. The summed E-state index contributed by atoms with van der Waals surface area (Å²) in [6, 6.07) is 14.9. The third-order valence-electron chi connectivity index (χ3n) is 5.66. The summed E-state index contributed by atoms with van der Waals surface area (Å²) < 4.78 is 5.26. The van der Waals surface area contributed by atoms with E-state index in [0.717, 1.165) is 27.3 Å². The first-order valence-corrected chi connectivity index (χ1v) is 11.2. The van der Waals surface area contributed by atoms with Crippen LogP contribution in [0.3, 0.4) is 0 Å². The van der Waals surface area contributed by atoms with Gasteiger partial charge in [-0.3, -0.25) is 14.4 Å². The van der Waals surface area contributed by atoms with Gasteiger partial charge in [-0.25, -0.2) is 4.90 Å². The Labute approximate surface area is 180 Å². The number of amides is 2. The van der Waals surface area contributed by atoms with Crippen molar-refractivity contribution in [3.8, 4) is 5.75 Å². The normalized spacial score (nSPS) is 22.7. The average molecular weight is 439 g/mol. The van der Waals surface area contributed by atoms with Crippen molar-refractivity contribution in [3.63, 3.8) is 0 Å². The van der Waals surface area contributed by atoms with Crippen LogP contribution in [0.15, 0.2) is 58.4 Å². The van der Waals surface area contributed by atoms with E-state index in [1.165, 1.54) is 16.7 Å². The number of nitrogens with zero attached hydrogens (tertiary/aromatic N) is 1. The lowest BCUT2D eigenvalue weighted by molar-refractivity contribution is -0.122. The third kappa shape index (κ3) is 2.82. The Morgan fingerprint density at radius 1 is 1.00 bits per heavy atom. The molecule has 8 heteroatoms. The number of ether oxygens (including phenoxy) is 1. The topological polar surface area (TPSA) is 79.5 Å². The number of benzene rings is 2. The molecular formula is C22H18N2O4S2. The number of para-hydroxylation sites is 1. The molecule has 0 spiro atoms. The number of fused-ring (bicyclic) bond motifs is 2. The van der Waals surface area contributed by atoms with Gasteiger partial charge in [-0.1, -0.05) is 53.4 Å². The molecule has 2 aromatic carbocycles. The number of aryl methyl sites for hydroxylation is 1. The maximum Gasteiger partial charge on any atom is 0.305 e. The van der Waals surface area contributed by atoms with Crippen molar-refractivity contribution in [3.05, 3.63) is 74.2 Å². The molecule has 30 heavy (non-hydrogen) atoms. The van der Waals surface area contributed by atoms with Gasteiger partial charge in [0.05, 0.1) is 23.7 Å². The number of hydrogen-bond donors (Lipinski definition) is 1. The van der Waals surface area contributed by atoms with Crippen LogP contribution in [0.1, 0.15) is 21.9 Å². The van der Waals surface area contributed by atoms with Crippen LogP contribution in [0.4, 0.5) is 5.69 Å². The van der Waals surface area contributed by atoms with Crippen molar-refractivity contribution in [2.75, 3.05) is 12.0 Å². The highest BCUT2D eigenvalue weighted by Gasteiger charge is 2.56. The molecule has 1 fully saturated rings. The summed E-state index contributed by atoms with van der Waals surface area (Å²) in [7, 11) is 1.59. The molecule has 3 aromatic rings. The number of aromatic nitrogens is 1. The van der Waals surface area contributed by atoms with E-state index in [9.17, 15) is 14.4 Å². The minimum atomic E-state index is -0.582. The Bertz CT molecular complexity index is 1210. The van der Waals surface area contributed by atoms with Crippen molar-refractivity contribution in [2.45, 2.75) is 23.1 Å². The van der Waals surface area contributed by atoms with E-state index in [0.29, 0.717) is 16.5 Å². The average Bonchev–Trinajstić information content (AvgIpc) is 3.24. The standard InChI is InChI=1S/C22H18N2O4S2/c1-11-5-3-4-6-14(11)24-20(25)16-15(12-7-9-13(28-2)10-8-12)17-19(23-22(27)30-17)29-18(16)21(24)26/h3-10,15-16,18H,1-2H3,(H,23,27)/t15-,16+,18+/m1/s1. The molecule has 1 N–H and O–H groups in total. The highest BCUT2D eigenvalue weighted by molar-refractivity contribution is 8.00. The second-order valence-electron chi connectivity index (χ2n) is 7.32. The summed E-state index contributed by atoms with van der Waals surface area (Å²) >= 11 is 2.40. The summed E-state index contributed by atoms with van der Waals surface area (Å²) in [5.74, 6) is -0.695. The molecule has 2 amide bonds. The van der Waals surface area contributed by atoms with Crippen molar-refractivity contribution in [1.29, 1.82) is 0 Å². The van der Waals surface area contributed by atoms with Gasteiger partial charge in [0.1, 0.15) is 11.0 Å². The molecular weight excluding hydrogens is 420 g/mol. The van der Waals surface area contributed by atoms with Crippen LogP contribution in [0.2, 0.25) is 0 Å². The van der Waals surface area contributed by atoms with Crippen LogP contribution in [0, 0.1) is 12.8 Å². The molecule has 3 heterocycles. The second-order valence-corrected chi connectivity index (χ2v) is 9.49. The Balaban J connectivity index is 1.65. The number of methoxy groups -OCH3 is 1. The summed E-state index contributed by atoms with van der Waals surface area (Å²) in [6.45, 7) is 1.89. The predicted octanol–water partition coefficient (Wildman–Crippen LogP) is 3.55. The fourth-order valence-corrected chi connectivity index (χ4v) is 6.75. The summed E-state index contributed by atoms with van der Waals surface area (Å²) in [4.78, 5) is 43.9. The highest BCUT2D eigenvalue weighted by atomic mass is 32.2. The van der Waals surface area contributed by atoms with Crippen LogP contribution in [-0.4, -0.2) is 29.2 Å². The van der Waals surface area contributed by atoms with Crippen LogP contribution in [0.5, 0.6) is 5.75 Å². The zero-order valence-electron chi connectivity index (χ0n) is 16.2. The number of thioether (sulfide) groups is 1. The Kier molecular flexibility index (Phi) is 4.56. The monoisotopic (exact) mass is 438 g/mol. The second kappa shape index (κ2) is 7.14. The number of hydrogen-bond acceptors (Lipinski definition) is 6. The number of aromatic amines is 1. The molecule has 0 saturated carbocycles. The SMILES string of the molecule is COc1ccc([C@H]2c3sc(=O)[nH]c3S[C@@H]3C(=O)N(c4ccccc4C)C(=O)[C@@H]23)cc1. The van der Waals surface area contributed by atoms with Crippen LogP contribution in [0.25, 0.3) is 0 Å². The maximum absolute atomic E-state index is 13.6. The van der Waals surface area contributed by atoms with E-state index in [2.05, 4.69) is 4.98 Å². The molecule has 6 nitrogen and oxygen atoms in total. The lowest BCUT2D eigenvalue weighted by Crippen LogP contribution is -2.32. The molecule has 5 rings (SSSR count). The number of nitrogens with one attached hydrogen (secondary N) is 1. The van der Waals surface area contributed by atoms with Gasteiger partial charge in [0, 0.05) is 10.8 Å². The van der Waals surface area contributed by atoms with E-state index in [-0.39, 0.29) is 22.6 Å². The highest BCUT2D eigenvalue weighted by Crippen LogP contribution is 2.53. The van der Waals surface area contributed by atoms with E-state index < -0.39 is 11.2 Å². The smallest absolute Gasteiger partial charge is 0.305 e. The molecule has 1 saturated heterocycles. The number of carbonyl (C=O) groups excluding carboxylic acids is 2.